The van der Waals surface area contributed by atoms with E-state index < -0.39 is 5.91 Å². The van der Waals surface area contributed by atoms with Gasteiger partial charge in [-0.2, -0.15) is 0 Å². The van der Waals surface area contributed by atoms with E-state index >= 15 is 0 Å². The molecule has 1 fully saturated rings. The van der Waals surface area contributed by atoms with Crippen LogP contribution in [0.3, 0.4) is 0 Å². The summed E-state index contributed by atoms with van der Waals surface area (Å²) in [5.41, 5.74) is 8.00. The molecule has 0 radical (unpaired) electrons. The number of carbonyl (C=O) groups excluding carboxylic acids is 1. The molecule has 5 nitrogen and oxygen atoms in total. The number of rotatable bonds is 6. The van der Waals surface area contributed by atoms with E-state index in [2.05, 4.69) is 17.0 Å². The molecule has 0 unspecified atom stereocenters. The fourth-order valence-electron chi connectivity index (χ4n) is 2.39. The summed E-state index contributed by atoms with van der Waals surface area (Å²) >= 11 is 1.38. The van der Waals surface area contributed by atoms with Crippen LogP contribution < -0.4 is 11.1 Å². The first-order valence-corrected chi connectivity index (χ1v) is 9.72. The molecule has 2 aromatic rings. The summed E-state index contributed by atoms with van der Waals surface area (Å²) < 4.78 is 5.01. The number of carbonyl (C=O) groups is 1. The Kier molecular flexibility index (Phi) is 9.34. The van der Waals surface area contributed by atoms with Crippen molar-refractivity contribution < 1.29 is 9.53 Å². The molecule has 0 aromatic heterocycles. The largest absolute Gasteiger partial charge is 0.379 e. The summed E-state index contributed by atoms with van der Waals surface area (Å²) in [6.07, 6.45) is 0. The first-order valence-electron chi connectivity index (χ1n) is 8.73. The van der Waals surface area contributed by atoms with Crippen LogP contribution in [-0.2, 0) is 15.3 Å². The van der Waals surface area contributed by atoms with E-state index in [1.54, 1.807) is 0 Å². The van der Waals surface area contributed by atoms with Gasteiger partial charge in [0, 0.05) is 24.4 Å². The van der Waals surface area contributed by atoms with Gasteiger partial charge in [-0.1, -0.05) is 60.7 Å². The first-order chi connectivity index (χ1) is 13.2. The van der Waals surface area contributed by atoms with Crippen molar-refractivity contribution in [3.8, 4) is 0 Å². The molecule has 3 rings (SSSR count). The third-order valence-electron chi connectivity index (χ3n) is 3.72. The van der Waals surface area contributed by atoms with E-state index in [1.165, 1.54) is 11.8 Å². The molecule has 1 saturated heterocycles. The van der Waals surface area contributed by atoms with Gasteiger partial charge in [0.25, 0.3) is 5.91 Å². The van der Waals surface area contributed by atoms with E-state index in [4.69, 9.17) is 10.5 Å². The van der Waals surface area contributed by atoms with Crippen molar-refractivity contribution in [3.05, 3.63) is 76.7 Å². The average molecular weight is 384 g/mol. The Morgan fingerprint density at radius 3 is 2.11 bits per heavy atom. The zero-order valence-corrected chi connectivity index (χ0v) is 16.1. The smallest absolute Gasteiger partial charge is 0.257 e. The maximum absolute atomic E-state index is 11.8. The van der Waals surface area contributed by atoms with E-state index in [0.717, 1.165) is 37.4 Å². The van der Waals surface area contributed by atoms with Crippen LogP contribution in [0.2, 0.25) is 0 Å². The van der Waals surface area contributed by atoms with Gasteiger partial charge < -0.3 is 15.8 Å². The van der Waals surface area contributed by atoms with Crippen molar-refractivity contribution in [3.63, 3.8) is 0 Å². The molecule has 0 bridgehead atoms. The lowest BCUT2D eigenvalue weighted by atomic mass is 10.1. The molecule has 0 spiro atoms. The van der Waals surface area contributed by atoms with Crippen molar-refractivity contribution >= 4 is 30.1 Å². The number of benzene rings is 2. The van der Waals surface area contributed by atoms with E-state index in [0.29, 0.717) is 16.4 Å². The molecule has 142 valence electrons. The molecule has 1 amide bonds. The number of nitrogens with two attached hydrogens (primary N) is 1. The Balaban J connectivity index is 0.000000369. The van der Waals surface area contributed by atoms with Gasteiger partial charge >= 0.3 is 0 Å². The molecule has 0 atom stereocenters. The number of hydrogen-bond donors (Lipinski definition) is 2. The zero-order chi connectivity index (χ0) is 19.3. The maximum atomic E-state index is 11.8. The van der Waals surface area contributed by atoms with Crippen molar-refractivity contribution in [1.82, 2.24) is 5.32 Å². The topological polar surface area (TPSA) is 76.7 Å². The Morgan fingerprint density at radius 1 is 1.07 bits per heavy atom. The van der Waals surface area contributed by atoms with Gasteiger partial charge in [-0.05, 0) is 12.3 Å². The molecule has 0 saturated carbocycles. The second-order valence-electron chi connectivity index (χ2n) is 5.70. The summed E-state index contributed by atoms with van der Waals surface area (Å²) in [4.78, 5) is 16.2. The van der Waals surface area contributed by atoms with Gasteiger partial charge in [-0.15, -0.1) is 11.8 Å². The predicted octanol–water partition coefficient (Wildman–Crippen LogP) is 3.08. The van der Waals surface area contributed by atoms with Crippen LogP contribution in [0.4, 0.5) is 0 Å². The van der Waals surface area contributed by atoms with Crippen molar-refractivity contribution in [2.24, 2.45) is 10.7 Å². The van der Waals surface area contributed by atoms with Crippen LogP contribution in [0.1, 0.15) is 11.1 Å². The zero-order valence-electron chi connectivity index (χ0n) is 15.3. The standard InChI is InChI=1S/C17H16N2OS.C4H9NO/c1-19-15(14-10-6-3-7-11-14)16(17(18)20)21-12-13-8-4-2-5-9-13;1-3-6-4-2-5-1/h2-11H,1,12H2,(H2,18,20);5H,1-4H2/b16-15-;. The second-order valence-corrected chi connectivity index (χ2v) is 6.69. The Labute approximate surface area is 164 Å². The SMILES string of the molecule is C1COCCN1.C=N/C(=C(\SCc1ccccc1)C(N)=O)c1ccccc1. The number of amides is 1. The van der Waals surface area contributed by atoms with Crippen LogP contribution in [0, 0.1) is 0 Å². The van der Waals surface area contributed by atoms with Gasteiger partial charge in [0.2, 0.25) is 0 Å². The molecule has 1 aliphatic rings. The van der Waals surface area contributed by atoms with Crippen LogP contribution in [0.5, 0.6) is 0 Å². The monoisotopic (exact) mass is 383 g/mol. The van der Waals surface area contributed by atoms with E-state index in [9.17, 15) is 4.79 Å². The lowest BCUT2D eigenvalue weighted by Gasteiger charge is -2.10. The average Bonchev–Trinajstić information content (AvgIpc) is 2.74. The van der Waals surface area contributed by atoms with Gasteiger partial charge in [0.15, 0.2) is 0 Å². The molecule has 1 heterocycles. The normalized spacial score (nSPS) is 14.4. The Bertz CT molecular complexity index is 733. The molecule has 1 aliphatic heterocycles. The van der Waals surface area contributed by atoms with E-state index in [-0.39, 0.29) is 0 Å². The molecule has 6 heteroatoms. The first kappa shape index (κ1) is 20.9. The van der Waals surface area contributed by atoms with Crippen LogP contribution in [0.25, 0.3) is 5.70 Å². The molecular formula is C21H25N3O2S. The number of morpholine rings is 1. The molecule has 0 aliphatic carbocycles. The van der Waals surface area contributed by atoms with Gasteiger partial charge in [0.05, 0.1) is 23.8 Å². The Hall–Kier alpha value is -2.41. The highest BCUT2D eigenvalue weighted by Gasteiger charge is 2.14. The molecule has 2 aromatic carbocycles. The summed E-state index contributed by atoms with van der Waals surface area (Å²) in [6.45, 7) is 7.40. The number of ether oxygens (including phenoxy) is 1. The predicted molar refractivity (Wildman–Crippen MR) is 114 cm³/mol. The highest BCUT2D eigenvalue weighted by atomic mass is 32.2. The minimum Gasteiger partial charge on any atom is -0.379 e. The highest BCUT2D eigenvalue weighted by molar-refractivity contribution is 8.03. The third kappa shape index (κ3) is 7.38. The van der Waals surface area contributed by atoms with Crippen LogP contribution in [0.15, 0.2) is 70.6 Å². The van der Waals surface area contributed by atoms with Crippen molar-refractivity contribution in [1.29, 1.82) is 0 Å². The highest BCUT2D eigenvalue weighted by Crippen LogP contribution is 2.30. The van der Waals surface area contributed by atoms with Crippen LogP contribution in [-0.4, -0.2) is 38.9 Å². The number of hydrogen-bond acceptors (Lipinski definition) is 5. The quantitative estimate of drug-likeness (QED) is 0.594. The number of nitrogens with one attached hydrogen (secondary N) is 1. The summed E-state index contributed by atoms with van der Waals surface area (Å²) in [5, 5.41) is 3.16. The minimum absolute atomic E-state index is 0.431. The summed E-state index contributed by atoms with van der Waals surface area (Å²) in [6, 6.07) is 19.4. The molecular weight excluding hydrogens is 358 g/mol. The maximum Gasteiger partial charge on any atom is 0.257 e. The van der Waals surface area contributed by atoms with E-state index in [1.807, 2.05) is 60.7 Å². The number of thioether (sulfide) groups is 1. The van der Waals surface area contributed by atoms with Gasteiger partial charge in [-0.25, -0.2) is 0 Å². The molecule has 27 heavy (non-hydrogen) atoms. The summed E-state index contributed by atoms with van der Waals surface area (Å²) in [7, 11) is 0. The number of nitrogens with zero attached hydrogens (tertiary/aromatic N) is 1. The fourth-order valence-corrected chi connectivity index (χ4v) is 3.36. The Morgan fingerprint density at radius 2 is 1.67 bits per heavy atom. The minimum atomic E-state index is -0.484. The van der Waals surface area contributed by atoms with Gasteiger partial charge in [-0.3, -0.25) is 9.79 Å². The molecule has 3 N–H and O–H groups in total. The number of aliphatic imine (C=N–C) groups is 1. The van der Waals surface area contributed by atoms with Crippen LogP contribution >= 0.6 is 11.8 Å². The second kappa shape index (κ2) is 12.1. The van der Waals surface area contributed by atoms with Crippen molar-refractivity contribution in [2.45, 2.75) is 5.75 Å². The fraction of sp³-hybridized carbons (Fsp3) is 0.238. The lowest BCUT2D eigenvalue weighted by Crippen LogP contribution is -2.30. The summed E-state index contributed by atoms with van der Waals surface area (Å²) in [5.74, 6) is 0.174. The number of primary amides is 1. The van der Waals surface area contributed by atoms with Gasteiger partial charge in [0.1, 0.15) is 0 Å². The van der Waals surface area contributed by atoms with Crippen molar-refractivity contribution in [2.75, 3.05) is 26.3 Å². The lowest BCUT2D eigenvalue weighted by molar-refractivity contribution is -0.113. The third-order valence-corrected chi connectivity index (χ3v) is 4.88.